The van der Waals surface area contributed by atoms with Crippen LogP contribution in [0.25, 0.3) is 0 Å². The minimum Gasteiger partial charge on any atom is -0.324 e. The van der Waals surface area contributed by atoms with E-state index in [2.05, 4.69) is 10.4 Å². The van der Waals surface area contributed by atoms with Crippen molar-refractivity contribution in [2.45, 2.75) is 25.3 Å². The highest BCUT2D eigenvalue weighted by atomic mass is 32.2. The number of benzene rings is 2. The highest BCUT2D eigenvalue weighted by Gasteiger charge is 2.35. The maximum absolute atomic E-state index is 12.8. The summed E-state index contributed by atoms with van der Waals surface area (Å²) in [6.45, 7) is 0.506. The van der Waals surface area contributed by atoms with E-state index >= 15 is 0 Å². The van der Waals surface area contributed by atoms with Gasteiger partial charge in [0.05, 0.1) is 29.8 Å². The lowest BCUT2D eigenvalue weighted by Crippen LogP contribution is -2.44. The van der Waals surface area contributed by atoms with E-state index in [4.69, 9.17) is 5.26 Å². The Labute approximate surface area is 196 Å². The summed E-state index contributed by atoms with van der Waals surface area (Å²) in [5.41, 5.74) is 2.93. The van der Waals surface area contributed by atoms with Crippen molar-refractivity contribution in [3.8, 4) is 6.07 Å². The van der Waals surface area contributed by atoms with Gasteiger partial charge in [-0.1, -0.05) is 30.3 Å². The first kappa shape index (κ1) is 22.6. The second-order valence-electron chi connectivity index (χ2n) is 7.74. The number of amides is 3. The first-order chi connectivity index (χ1) is 16.0. The SMILES string of the molecule is N#Cc1ccc(NC(=O)C2CSCN2C(=O)CCC(=O)N2CCC(c3ccccc3)=N2)cc1. The van der Waals surface area contributed by atoms with Gasteiger partial charge in [0.2, 0.25) is 17.7 Å². The molecule has 33 heavy (non-hydrogen) atoms. The summed E-state index contributed by atoms with van der Waals surface area (Å²) < 4.78 is 0. The van der Waals surface area contributed by atoms with Crippen molar-refractivity contribution in [1.29, 1.82) is 5.26 Å². The maximum Gasteiger partial charge on any atom is 0.248 e. The van der Waals surface area contributed by atoms with Crippen LogP contribution in [0.15, 0.2) is 59.7 Å². The molecule has 8 nitrogen and oxygen atoms in total. The quantitative estimate of drug-likeness (QED) is 0.712. The molecule has 0 spiro atoms. The summed E-state index contributed by atoms with van der Waals surface area (Å²) >= 11 is 1.51. The van der Waals surface area contributed by atoms with Crippen molar-refractivity contribution in [1.82, 2.24) is 9.91 Å². The summed E-state index contributed by atoms with van der Waals surface area (Å²) in [4.78, 5) is 39.6. The van der Waals surface area contributed by atoms with Gasteiger partial charge in [0.25, 0.3) is 0 Å². The lowest BCUT2D eigenvalue weighted by Gasteiger charge is -2.23. The van der Waals surface area contributed by atoms with Crippen LogP contribution in [0, 0.1) is 11.3 Å². The predicted octanol–water partition coefficient (Wildman–Crippen LogP) is 2.82. The molecule has 0 aromatic heterocycles. The molecule has 2 aliphatic rings. The molecular weight excluding hydrogens is 438 g/mol. The van der Waals surface area contributed by atoms with Crippen LogP contribution in [0.3, 0.4) is 0 Å². The number of rotatable bonds is 6. The van der Waals surface area contributed by atoms with E-state index in [1.54, 1.807) is 24.3 Å². The average molecular weight is 462 g/mol. The maximum atomic E-state index is 12.8. The van der Waals surface area contributed by atoms with E-state index in [0.29, 0.717) is 35.8 Å². The number of nitrogens with zero attached hydrogens (tertiary/aromatic N) is 4. The number of carbonyl (C=O) groups excluding carboxylic acids is 3. The van der Waals surface area contributed by atoms with Crippen LogP contribution in [0.5, 0.6) is 0 Å². The summed E-state index contributed by atoms with van der Waals surface area (Å²) in [6, 6.07) is 17.7. The van der Waals surface area contributed by atoms with Gasteiger partial charge < -0.3 is 10.2 Å². The van der Waals surface area contributed by atoms with Crippen molar-refractivity contribution in [2.24, 2.45) is 5.10 Å². The Morgan fingerprint density at radius 2 is 1.79 bits per heavy atom. The Morgan fingerprint density at radius 1 is 1.06 bits per heavy atom. The van der Waals surface area contributed by atoms with E-state index in [-0.39, 0.29) is 30.6 Å². The molecule has 9 heteroatoms. The zero-order chi connectivity index (χ0) is 23.2. The van der Waals surface area contributed by atoms with Crippen LogP contribution in [-0.4, -0.2) is 57.6 Å². The predicted molar refractivity (Wildman–Crippen MR) is 126 cm³/mol. The van der Waals surface area contributed by atoms with E-state index in [9.17, 15) is 14.4 Å². The van der Waals surface area contributed by atoms with E-state index in [1.165, 1.54) is 21.7 Å². The normalized spacial score (nSPS) is 17.4. The molecule has 1 atom stereocenters. The van der Waals surface area contributed by atoms with Crippen molar-refractivity contribution >= 4 is 40.9 Å². The number of hydrogen-bond acceptors (Lipinski definition) is 6. The molecule has 1 N–H and O–H groups in total. The molecule has 2 aliphatic heterocycles. The lowest BCUT2D eigenvalue weighted by molar-refractivity contribution is -0.139. The van der Waals surface area contributed by atoms with Crippen LogP contribution in [-0.2, 0) is 14.4 Å². The highest BCUT2D eigenvalue weighted by Crippen LogP contribution is 2.24. The van der Waals surface area contributed by atoms with Crippen LogP contribution in [0.1, 0.15) is 30.4 Å². The van der Waals surface area contributed by atoms with Crippen LogP contribution >= 0.6 is 11.8 Å². The topological polar surface area (TPSA) is 106 Å². The summed E-state index contributed by atoms with van der Waals surface area (Å²) in [7, 11) is 0. The molecule has 168 valence electrons. The molecule has 1 saturated heterocycles. The number of anilines is 1. The van der Waals surface area contributed by atoms with E-state index < -0.39 is 6.04 Å². The van der Waals surface area contributed by atoms with Gasteiger partial charge in [-0.2, -0.15) is 10.4 Å². The fraction of sp³-hybridized carbons (Fsp3) is 0.292. The summed E-state index contributed by atoms with van der Waals surface area (Å²) in [5, 5.41) is 17.5. The number of hydrazone groups is 1. The Bertz CT molecular complexity index is 1110. The first-order valence-electron chi connectivity index (χ1n) is 10.7. The standard InChI is InChI=1S/C24H23N5O3S/c25-14-17-6-8-19(9-7-17)26-24(32)21-15-33-16-28(21)22(30)10-11-23(31)29-13-12-20(27-29)18-4-2-1-3-5-18/h1-9,21H,10-13,15-16H2,(H,26,32). The monoisotopic (exact) mass is 461 g/mol. The Morgan fingerprint density at radius 3 is 2.52 bits per heavy atom. The van der Waals surface area contributed by atoms with Crippen LogP contribution < -0.4 is 5.32 Å². The van der Waals surface area contributed by atoms with Gasteiger partial charge in [0, 0.05) is 30.7 Å². The molecule has 2 aromatic rings. The van der Waals surface area contributed by atoms with Gasteiger partial charge in [0.15, 0.2) is 0 Å². The molecule has 3 amide bonds. The smallest absolute Gasteiger partial charge is 0.248 e. The van der Waals surface area contributed by atoms with Crippen molar-refractivity contribution in [3.05, 3.63) is 65.7 Å². The molecule has 2 heterocycles. The van der Waals surface area contributed by atoms with E-state index in [0.717, 1.165) is 11.3 Å². The van der Waals surface area contributed by atoms with Crippen molar-refractivity contribution in [2.75, 3.05) is 23.5 Å². The molecule has 0 radical (unpaired) electrons. The minimum atomic E-state index is -0.595. The Balaban J connectivity index is 1.30. The molecule has 0 aliphatic carbocycles. The summed E-state index contributed by atoms with van der Waals surface area (Å²) in [6.07, 6.45) is 0.770. The fourth-order valence-corrected chi connectivity index (χ4v) is 4.90. The van der Waals surface area contributed by atoms with Crippen LogP contribution in [0.4, 0.5) is 5.69 Å². The largest absolute Gasteiger partial charge is 0.324 e. The molecule has 2 aromatic carbocycles. The third-order valence-corrected chi connectivity index (χ3v) is 6.55. The highest BCUT2D eigenvalue weighted by molar-refractivity contribution is 7.99. The first-order valence-corrected chi connectivity index (χ1v) is 11.8. The van der Waals surface area contributed by atoms with E-state index in [1.807, 2.05) is 36.4 Å². The molecule has 1 unspecified atom stereocenters. The average Bonchev–Trinajstić information content (AvgIpc) is 3.54. The fourth-order valence-electron chi connectivity index (χ4n) is 3.72. The number of carbonyl (C=O) groups is 3. The zero-order valence-electron chi connectivity index (χ0n) is 17.9. The minimum absolute atomic E-state index is 0.0345. The third kappa shape index (κ3) is 5.41. The molecule has 4 rings (SSSR count). The van der Waals surface area contributed by atoms with Crippen molar-refractivity contribution < 1.29 is 14.4 Å². The van der Waals surface area contributed by atoms with Gasteiger partial charge >= 0.3 is 0 Å². The number of thioether (sulfide) groups is 1. The number of nitriles is 1. The molecule has 1 fully saturated rings. The number of hydrogen-bond donors (Lipinski definition) is 1. The van der Waals surface area contributed by atoms with Crippen molar-refractivity contribution in [3.63, 3.8) is 0 Å². The Hall–Kier alpha value is -3.64. The second-order valence-corrected chi connectivity index (χ2v) is 8.74. The Kier molecular flexibility index (Phi) is 7.05. The third-order valence-electron chi connectivity index (χ3n) is 5.54. The zero-order valence-corrected chi connectivity index (χ0v) is 18.8. The molecular formula is C24H23N5O3S. The van der Waals surface area contributed by atoms with Gasteiger partial charge in [-0.15, -0.1) is 11.8 Å². The van der Waals surface area contributed by atoms with Crippen LogP contribution in [0.2, 0.25) is 0 Å². The van der Waals surface area contributed by atoms with Gasteiger partial charge in [-0.3, -0.25) is 14.4 Å². The van der Waals surface area contributed by atoms with Gasteiger partial charge in [-0.05, 0) is 29.8 Å². The molecule has 0 saturated carbocycles. The lowest BCUT2D eigenvalue weighted by atomic mass is 10.1. The van der Waals surface area contributed by atoms with Gasteiger partial charge in [0.1, 0.15) is 6.04 Å². The second kappa shape index (κ2) is 10.3. The molecule has 0 bridgehead atoms. The summed E-state index contributed by atoms with van der Waals surface area (Å²) in [5.74, 6) is 0.220. The van der Waals surface area contributed by atoms with Gasteiger partial charge in [-0.25, -0.2) is 5.01 Å². The number of nitrogens with one attached hydrogen (secondary N) is 1.